The van der Waals surface area contributed by atoms with Gasteiger partial charge in [-0.1, -0.05) is 29.8 Å². The number of hydrogen-bond donors (Lipinski definition) is 1. The molecule has 0 bridgehead atoms. The molecule has 28 heavy (non-hydrogen) atoms. The van der Waals surface area contributed by atoms with Gasteiger partial charge in [0.25, 0.3) is 0 Å². The van der Waals surface area contributed by atoms with E-state index in [9.17, 15) is 4.79 Å². The van der Waals surface area contributed by atoms with Crippen molar-refractivity contribution in [2.75, 3.05) is 26.0 Å². The molecule has 0 aliphatic carbocycles. The number of hydrogen-bond acceptors (Lipinski definition) is 4. The van der Waals surface area contributed by atoms with Crippen molar-refractivity contribution >= 4 is 34.1 Å². The predicted molar refractivity (Wildman–Crippen MR) is 114 cm³/mol. The highest BCUT2D eigenvalue weighted by molar-refractivity contribution is 6.30. The largest absolute Gasteiger partial charge is 0.497 e. The summed E-state index contributed by atoms with van der Waals surface area (Å²) in [7, 11) is 3.48. The van der Waals surface area contributed by atoms with Crippen LogP contribution in [-0.2, 0) is 11.3 Å². The Labute approximate surface area is 170 Å². The number of fused-ring (bicyclic) bond motifs is 1. The van der Waals surface area contributed by atoms with Crippen LogP contribution in [-0.4, -0.2) is 36.5 Å². The van der Waals surface area contributed by atoms with Crippen molar-refractivity contribution in [2.24, 2.45) is 0 Å². The minimum absolute atomic E-state index is 0.105. The van der Waals surface area contributed by atoms with Gasteiger partial charge in [0, 0.05) is 29.2 Å². The zero-order valence-corrected chi connectivity index (χ0v) is 17.3. The molecule has 5 nitrogen and oxygen atoms in total. The number of nitrogens with zero attached hydrogens (tertiary/aromatic N) is 2. The van der Waals surface area contributed by atoms with Crippen LogP contribution in [0.4, 0.5) is 5.69 Å². The van der Waals surface area contributed by atoms with Gasteiger partial charge in [0.1, 0.15) is 10.9 Å². The molecular formula is C22H24ClN3O2. The number of aryl methyl sites for hydroxylation is 2. The van der Waals surface area contributed by atoms with Gasteiger partial charge in [-0.2, -0.15) is 0 Å². The number of ether oxygens (including phenoxy) is 1. The van der Waals surface area contributed by atoms with Crippen molar-refractivity contribution in [3.63, 3.8) is 0 Å². The molecule has 0 saturated heterocycles. The Morgan fingerprint density at radius 2 is 2.00 bits per heavy atom. The van der Waals surface area contributed by atoms with E-state index in [2.05, 4.69) is 36.3 Å². The van der Waals surface area contributed by atoms with Crippen LogP contribution in [0.3, 0.4) is 0 Å². The van der Waals surface area contributed by atoms with Gasteiger partial charge >= 0.3 is 0 Å². The number of rotatable bonds is 6. The molecule has 1 aromatic heterocycles. The van der Waals surface area contributed by atoms with Crippen LogP contribution in [0.25, 0.3) is 10.9 Å². The van der Waals surface area contributed by atoms with Crippen molar-refractivity contribution < 1.29 is 9.53 Å². The van der Waals surface area contributed by atoms with Crippen LogP contribution in [0.5, 0.6) is 5.75 Å². The average molecular weight is 398 g/mol. The lowest BCUT2D eigenvalue weighted by Crippen LogP contribution is -2.30. The van der Waals surface area contributed by atoms with Crippen LogP contribution in [0, 0.1) is 13.8 Å². The van der Waals surface area contributed by atoms with E-state index in [4.69, 9.17) is 16.3 Å². The summed E-state index contributed by atoms with van der Waals surface area (Å²) in [6.07, 6.45) is 0. The van der Waals surface area contributed by atoms with E-state index in [0.717, 1.165) is 22.0 Å². The number of benzene rings is 2. The van der Waals surface area contributed by atoms with Gasteiger partial charge in [-0.05, 0) is 50.2 Å². The van der Waals surface area contributed by atoms with E-state index in [1.54, 1.807) is 13.2 Å². The molecule has 0 atom stereocenters. The summed E-state index contributed by atoms with van der Waals surface area (Å²) in [6.45, 7) is 4.88. The molecule has 1 N–H and O–H groups in total. The summed E-state index contributed by atoms with van der Waals surface area (Å²) < 4.78 is 5.18. The van der Waals surface area contributed by atoms with Crippen molar-refractivity contribution in [1.82, 2.24) is 9.88 Å². The maximum atomic E-state index is 12.3. The third-order valence-corrected chi connectivity index (χ3v) is 5.07. The smallest absolute Gasteiger partial charge is 0.238 e. The highest BCUT2D eigenvalue weighted by Crippen LogP contribution is 2.25. The molecule has 1 heterocycles. The fourth-order valence-corrected chi connectivity index (χ4v) is 3.31. The third-order valence-electron chi connectivity index (χ3n) is 4.74. The van der Waals surface area contributed by atoms with E-state index in [-0.39, 0.29) is 12.5 Å². The van der Waals surface area contributed by atoms with E-state index in [1.165, 1.54) is 5.56 Å². The standard InChI is InChI=1S/C22H24ClN3O2/c1-14-8-9-16-10-17(22(23)25-21(16)15(14)2)12-26(3)13-20(27)24-18-6-5-7-19(11-18)28-4/h5-11H,12-13H2,1-4H3,(H,24,27). The number of carbonyl (C=O) groups excluding carboxylic acids is 1. The lowest BCUT2D eigenvalue weighted by molar-refractivity contribution is -0.117. The molecule has 1 amide bonds. The first-order chi connectivity index (χ1) is 13.4. The first-order valence-electron chi connectivity index (χ1n) is 9.05. The molecule has 0 aliphatic heterocycles. The maximum absolute atomic E-state index is 12.3. The number of pyridine rings is 1. The molecule has 2 aromatic carbocycles. The molecule has 3 aromatic rings. The zero-order chi connectivity index (χ0) is 20.3. The SMILES string of the molecule is COc1cccc(NC(=O)CN(C)Cc2cc3ccc(C)c(C)c3nc2Cl)c1. The first kappa shape index (κ1) is 20.1. The molecule has 0 saturated carbocycles. The predicted octanol–water partition coefficient (Wildman–Crippen LogP) is 4.58. The summed E-state index contributed by atoms with van der Waals surface area (Å²) in [5, 5.41) is 4.41. The molecule has 0 unspecified atom stereocenters. The molecule has 3 rings (SSSR count). The van der Waals surface area contributed by atoms with Crippen LogP contribution in [0.15, 0.2) is 42.5 Å². The van der Waals surface area contributed by atoms with Crippen LogP contribution in [0.1, 0.15) is 16.7 Å². The van der Waals surface area contributed by atoms with Gasteiger partial charge in [-0.3, -0.25) is 9.69 Å². The monoisotopic (exact) mass is 397 g/mol. The van der Waals surface area contributed by atoms with Crippen LogP contribution in [0.2, 0.25) is 5.15 Å². The Balaban J connectivity index is 1.68. The number of halogens is 1. The van der Waals surface area contributed by atoms with Gasteiger partial charge < -0.3 is 10.1 Å². The first-order valence-corrected chi connectivity index (χ1v) is 9.43. The Morgan fingerprint density at radius 3 is 2.75 bits per heavy atom. The molecule has 0 fully saturated rings. The lowest BCUT2D eigenvalue weighted by atomic mass is 10.0. The third kappa shape index (κ3) is 4.61. The number of likely N-dealkylation sites (N-methyl/N-ethyl adjacent to an activating group) is 1. The molecule has 6 heteroatoms. The van der Waals surface area contributed by atoms with E-state index >= 15 is 0 Å². The highest BCUT2D eigenvalue weighted by Gasteiger charge is 2.13. The summed E-state index contributed by atoms with van der Waals surface area (Å²) in [6, 6.07) is 13.5. The van der Waals surface area contributed by atoms with Crippen LogP contribution >= 0.6 is 11.6 Å². The molecule has 146 valence electrons. The zero-order valence-electron chi connectivity index (χ0n) is 16.5. The molecular weight excluding hydrogens is 374 g/mol. The number of aromatic nitrogens is 1. The number of nitrogens with one attached hydrogen (secondary N) is 1. The topological polar surface area (TPSA) is 54.5 Å². The van der Waals surface area contributed by atoms with Crippen molar-refractivity contribution in [1.29, 1.82) is 0 Å². The van der Waals surface area contributed by atoms with E-state index < -0.39 is 0 Å². The summed E-state index contributed by atoms with van der Waals surface area (Å²) in [4.78, 5) is 18.8. The molecule has 0 aliphatic rings. The second kappa shape index (κ2) is 8.59. The van der Waals surface area contributed by atoms with Gasteiger partial charge in [0.05, 0.1) is 19.2 Å². The number of amides is 1. The van der Waals surface area contributed by atoms with Gasteiger partial charge in [0.2, 0.25) is 5.91 Å². The minimum Gasteiger partial charge on any atom is -0.497 e. The molecule has 0 radical (unpaired) electrons. The number of methoxy groups -OCH3 is 1. The second-order valence-electron chi connectivity index (χ2n) is 6.97. The summed E-state index contributed by atoms with van der Waals surface area (Å²) >= 11 is 6.42. The number of carbonyl (C=O) groups is 1. The van der Waals surface area contributed by atoms with E-state index in [0.29, 0.717) is 23.1 Å². The fraction of sp³-hybridized carbons (Fsp3) is 0.273. The van der Waals surface area contributed by atoms with Crippen molar-refractivity contribution in [3.8, 4) is 5.75 Å². The van der Waals surface area contributed by atoms with E-state index in [1.807, 2.05) is 36.2 Å². The minimum atomic E-state index is -0.105. The molecule has 0 spiro atoms. The Morgan fingerprint density at radius 1 is 1.21 bits per heavy atom. The fourth-order valence-electron chi connectivity index (χ4n) is 3.11. The lowest BCUT2D eigenvalue weighted by Gasteiger charge is -2.18. The Bertz CT molecular complexity index is 1020. The Kier molecular flexibility index (Phi) is 6.17. The van der Waals surface area contributed by atoms with Crippen molar-refractivity contribution in [2.45, 2.75) is 20.4 Å². The summed E-state index contributed by atoms with van der Waals surface area (Å²) in [5.41, 5.74) is 4.85. The number of anilines is 1. The van der Waals surface area contributed by atoms with Crippen LogP contribution < -0.4 is 10.1 Å². The van der Waals surface area contributed by atoms with Gasteiger partial charge in [0.15, 0.2) is 0 Å². The normalized spacial score (nSPS) is 11.1. The second-order valence-corrected chi connectivity index (χ2v) is 7.33. The van der Waals surface area contributed by atoms with Gasteiger partial charge in [-0.15, -0.1) is 0 Å². The average Bonchev–Trinajstić information content (AvgIpc) is 2.66. The highest BCUT2D eigenvalue weighted by atomic mass is 35.5. The summed E-state index contributed by atoms with van der Waals surface area (Å²) in [5.74, 6) is 0.595. The van der Waals surface area contributed by atoms with Gasteiger partial charge in [-0.25, -0.2) is 4.98 Å². The maximum Gasteiger partial charge on any atom is 0.238 e. The quantitative estimate of drug-likeness (QED) is 0.618. The van der Waals surface area contributed by atoms with Crippen molar-refractivity contribution in [3.05, 3.63) is 64.3 Å². The Hall–Kier alpha value is -2.63.